The first kappa shape index (κ1) is 14.9. The zero-order chi connectivity index (χ0) is 15.6. The maximum atomic E-state index is 12.1. The van der Waals surface area contributed by atoms with Gasteiger partial charge in [0.15, 0.2) is 0 Å². The molecule has 0 atom stereocenters. The smallest absolute Gasteiger partial charge is 0.273 e. The molecular weight excluding hydrogens is 298 g/mol. The number of sulfonamides is 1. The van der Waals surface area contributed by atoms with Gasteiger partial charge in [0.2, 0.25) is 10.0 Å². The molecule has 0 bridgehead atoms. The SMILES string of the molecule is Cc1ccc(S(=O)(=O)NCc2cn[nH]c2N)cc1[N+](=O)[O-]. The largest absolute Gasteiger partial charge is 0.384 e. The summed E-state index contributed by atoms with van der Waals surface area (Å²) in [6.45, 7) is 1.47. The Labute approximate surface area is 120 Å². The van der Waals surface area contributed by atoms with Crippen molar-refractivity contribution in [1.82, 2.24) is 14.9 Å². The van der Waals surface area contributed by atoms with Crippen LogP contribution in [0.25, 0.3) is 0 Å². The number of nitro groups is 1. The number of rotatable bonds is 5. The van der Waals surface area contributed by atoms with Gasteiger partial charge in [-0.1, -0.05) is 6.07 Å². The highest BCUT2D eigenvalue weighted by Crippen LogP contribution is 2.22. The Morgan fingerprint density at radius 3 is 2.76 bits per heavy atom. The predicted molar refractivity (Wildman–Crippen MR) is 74.9 cm³/mol. The van der Waals surface area contributed by atoms with Crippen LogP contribution in [-0.2, 0) is 16.6 Å². The lowest BCUT2D eigenvalue weighted by Gasteiger charge is -2.07. The molecular formula is C11H13N5O4S. The molecule has 0 unspecified atom stereocenters. The van der Waals surface area contributed by atoms with E-state index < -0.39 is 14.9 Å². The number of nitrogen functional groups attached to an aromatic ring is 1. The van der Waals surface area contributed by atoms with Gasteiger partial charge in [0.25, 0.3) is 5.69 Å². The summed E-state index contributed by atoms with van der Waals surface area (Å²) < 4.78 is 26.6. The van der Waals surface area contributed by atoms with Crippen LogP contribution in [0.3, 0.4) is 0 Å². The fraction of sp³-hybridized carbons (Fsp3) is 0.182. The second-order valence-corrected chi connectivity index (χ2v) is 6.11. The van der Waals surface area contributed by atoms with E-state index >= 15 is 0 Å². The fourth-order valence-electron chi connectivity index (χ4n) is 1.67. The summed E-state index contributed by atoms with van der Waals surface area (Å²) in [6.07, 6.45) is 1.40. The molecule has 0 amide bonds. The summed E-state index contributed by atoms with van der Waals surface area (Å²) in [6, 6.07) is 3.72. The number of hydrogen-bond donors (Lipinski definition) is 3. The van der Waals surface area contributed by atoms with E-state index in [1.165, 1.54) is 25.3 Å². The van der Waals surface area contributed by atoms with Crippen LogP contribution < -0.4 is 10.5 Å². The molecule has 2 rings (SSSR count). The highest BCUT2D eigenvalue weighted by atomic mass is 32.2. The Kier molecular flexibility index (Phi) is 3.91. The van der Waals surface area contributed by atoms with Crippen LogP contribution in [-0.4, -0.2) is 23.5 Å². The van der Waals surface area contributed by atoms with Crippen LogP contribution in [0.4, 0.5) is 11.5 Å². The number of hydrogen-bond acceptors (Lipinski definition) is 6. The predicted octanol–water partition coefficient (Wildman–Crippen LogP) is 0.687. The first-order valence-corrected chi connectivity index (χ1v) is 7.32. The molecule has 0 fully saturated rings. The van der Waals surface area contributed by atoms with Crippen LogP contribution >= 0.6 is 0 Å². The number of anilines is 1. The highest BCUT2D eigenvalue weighted by Gasteiger charge is 2.20. The van der Waals surface area contributed by atoms with E-state index in [0.29, 0.717) is 11.1 Å². The van der Waals surface area contributed by atoms with Crippen molar-refractivity contribution in [3.63, 3.8) is 0 Å². The minimum Gasteiger partial charge on any atom is -0.384 e. The number of aromatic amines is 1. The lowest BCUT2D eigenvalue weighted by atomic mass is 10.2. The van der Waals surface area contributed by atoms with Gasteiger partial charge >= 0.3 is 0 Å². The van der Waals surface area contributed by atoms with E-state index in [9.17, 15) is 18.5 Å². The van der Waals surface area contributed by atoms with Gasteiger partial charge in [-0.2, -0.15) is 5.10 Å². The maximum Gasteiger partial charge on any atom is 0.273 e. The molecule has 0 radical (unpaired) electrons. The third kappa shape index (κ3) is 3.17. The van der Waals surface area contributed by atoms with Crippen molar-refractivity contribution < 1.29 is 13.3 Å². The van der Waals surface area contributed by atoms with Gasteiger partial charge in [-0.15, -0.1) is 0 Å². The van der Waals surface area contributed by atoms with Gasteiger partial charge < -0.3 is 5.73 Å². The van der Waals surface area contributed by atoms with Crippen molar-refractivity contribution in [3.05, 3.63) is 45.6 Å². The molecule has 4 N–H and O–H groups in total. The van der Waals surface area contributed by atoms with Gasteiger partial charge in [-0.05, 0) is 13.0 Å². The van der Waals surface area contributed by atoms with Crippen molar-refractivity contribution >= 4 is 21.5 Å². The molecule has 9 nitrogen and oxygen atoms in total. The third-order valence-corrected chi connectivity index (χ3v) is 4.29. The number of aromatic nitrogens is 2. The molecule has 0 spiro atoms. The molecule has 0 saturated carbocycles. The van der Waals surface area contributed by atoms with E-state index in [1.54, 1.807) is 0 Å². The van der Waals surface area contributed by atoms with Crippen molar-refractivity contribution in [2.45, 2.75) is 18.4 Å². The number of nitrogens with two attached hydrogens (primary N) is 1. The summed E-state index contributed by atoms with van der Waals surface area (Å²) >= 11 is 0. The lowest BCUT2D eigenvalue weighted by Crippen LogP contribution is -2.23. The molecule has 2 aromatic rings. The summed E-state index contributed by atoms with van der Waals surface area (Å²) in [5, 5.41) is 17.0. The van der Waals surface area contributed by atoms with Gasteiger partial charge in [-0.25, -0.2) is 13.1 Å². The lowest BCUT2D eigenvalue weighted by molar-refractivity contribution is -0.385. The number of aryl methyl sites for hydroxylation is 1. The van der Waals surface area contributed by atoms with Gasteiger partial charge in [0, 0.05) is 23.7 Å². The average Bonchev–Trinajstić information content (AvgIpc) is 2.82. The average molecular weight is 311 g/mol. The molecule has 0 aliphatic carbocycles. The van der Waals surface area contributed by atoms with E-state index in [0.717, 1.165) is 6.07 Å². The molecule has 0 saturated heterocycles. The second-order valence-electron chi connectivity index (χ2n) is 4.34. The van der Waals surface area contributed by atoms with Crippen molar-refractivity contribution in [3.8, 4) is 0 Å². The minimum atomic E-state index is -3.88. The molecule has 10 heteroatoms. The van der Waals surface area contributed by atoms with Gasteiger partial charge in [-0.3, -0.25) is 15.2 Å². The Bertz CT molecular complexity index is 784. The van der Waals surface area contributed by atoms with Crippen LogP contribution in [0.15, 0.2) is 29.3 Å². The topological polar surface area (TPSA) is 144 Å². The Hall–Kier alpha value is -2.46. The molecule has 0 aliphatic heterocycles. The first-order valence-electron chi connectivity index (χ1n) is 5.83. The molecule has 21 heavy (non-hydrogen) atoms. The maximum absolute atomic E-state index is 12.1. The van der Waals surface area contributed by atoms with Crippen molar-refractivity contribution in [2.75, 3.05) is 5.73 Å². The number of H-pyrrole nitrogens is 1. The van der Waals surface area contributed by atoms with E-state index in [1.807, 2.05) is 0 Å². The standard InChI is InChI=1S/C11H13N5O4S/c1-7-2-3-9(4-10(7)16(17)18)21(19,20)14-6-8-5-13-15-11(8)12/h2-5,14H,6H2,1H3,(H3,12,13,15). The van der Waals surface area contributed by atoms with Crippen LogP contribution in [0.2, 0.25) is 0 Å². The normalized spacial score (nSPS) is 11.5. The van der Waals surface area contributed by atoms with Gasteiger partial charge in [0.1, 0.15) is 5.82 Å². The summed E-state index contributed by atoms with van der Waals surface area (Å²) in [4.78, 5) is 10.1. The third-order valence-electron chi connectivity index (χ3n) is 2.89. The monoisotopic (exact) mass is 311 g/mol. The molecule has 1 heterocycles. The number of nitro benzene ring substituents is 1. The van der Waals surface area contributed by atoms with E-state index in [2.05, 4.69) is 14.9 Å². The number of nitrogens with zero attached hydrogens (tertiary/aromatic N) is 2. The minimum absolute atomic E-state index is 0.0632. The van der Waals surface area contributed by atoms with Crippen molar-refractivity contribution in [2.24, 2.45) is 0 Å². The van der Waals surface area contributed by atoms with Crippen LogP contribution in [0.1, 0.15) is 11.1 Å². The molecule has 112 valence electrons. The quantitative estimate of drug-likeness (QED) is 0.547. The zero-order valence-corrected chi connectivity index (χ0v) is 11.8. The fourth-order valence-corrected chi connectivity index (χ4v) is 2.70. The van der Waals surface area contributed by atoms with E-state index in [4.69, 9.17) is 5.73 Å². The Morgan fingerprint density at radius 1 is 1.48 bits per heavy atom. The van der Waals surface area contributed by atoms with Crippen molar-refractivity contribution in [1.29, 1.82) is 0 Å². The molecule has 1 aromatic carbocycles. The Balaban J connectivity index is 2.26. The summed E-state index contributed by atoms with van der Waals surface area (Å²) in [5.41, 5.74) is 6.17. The number of benzene rings is 1. The molecule has 0 aliphatic rings. The first-order chi connectivity index (χ1) is 9.81. The van der Waals surface area contributed by atoms with Crippen LogP contribution in [0, 0.1) is 17.0 Å². The van der Waals surface area contributed by atoms with Gasteiger partial charge in [0.05, 0.1) is 16.0 Å². The van der Waals surface area contributed by atoms with Crippen LogP contribution in [0.5, 0.6) is 0 Å². The number of nitrogens with one attached hydrogen (secondary N) is 2. The zero-order valence-electron chi connectivity index (χ0n) is 11.0. The second kappa shape index (κ2) is 5.50. The summed E-state index contributed by atoms with van der Waals surface area (Å²) in [7, 11) is -3.88. The summed E-state index contributed by atoms with van der Waals surface area (Å²) in [5.74, 6) is 0.257. The van der Waals surface area contributed by atoms with E-state index in [-0.39, 0.29) is 22.9 Å². The highest BCUT2D eigenvalue weighted by molar-refractivity contribution is 7.89. The molecule has 1 aromatic heterocycles. The Morgan fingerprint density at radius 2 is 2.19 bits per heavy atom.